The SMILES string of the molecule is N#CC1(NC(=O)c2cc3c(s2)CCCCC3)CCCC1. The van der Waals surface area contributed by atoms with E-state index in [2.05, 4.69) is 17.5 Å². The molecule has 2 aliphatic carbocycles. The maximum absolute atomic E-state index is 12.4. The topological polar surface area (TPSA) is 52.9 Å². The summed E-state index contributed by atoms with van der Waals surface area (Å²) in [5.41, 5.74) is 0.744. The van der Waals surface area contributed by atoms with Gasteiger partial charge in [0.05, 0.1) is 10.9 Å². The summed E-state index contributed by atoms with van der Waals surface area (Å²) in [6.07, 6.45) is 9.62. The molecule has 1 aromatic rings. The average molecular weight is 288 g/mol. The number of carbonyl (C=O) groups is 1. The lowest BCUT2D eigenvalue weighted by atomic mass is 10.00. The van der Waals surface area contributed by atoms with Gasteiger partial charge in [0.2, 0.25) is 0 Å². The zero-order valence-corrected chi connectivity index (χ0v) is 12.5. The van der Waals surface area contributed by atoms with Gasteiger partial charge in [-0.1, -0.05) is 6.42 Å². The summed E-state index contributed by atoms with van der Waals surface area (Å²) in [5.74, 6) is -0.0495. The van der Waals surface area contributed by atoms with Crippen molar-refractivity contribution in [1.29, 1.82) is 5.26 Å². The van der Waals surface area contributed by atoms with Gasteiger partial charge in [0.25, 0.3) is 5.91 Å². The predicted molar refractivity (Wildman–Crippen MR) is 79.9 cm³/mol. The number of amides is 1. The maximum Gasteiger partial charge on any atom is 0.262 e. The second kappa shape index (κ2) is 5.57. The van der Waals surface area contributed by atoms with Gasteiger partial charge in [-0.2, -0.15) is 5.26 Å². The molecule has 20 heavy (non-hydrogen) atoms. The second-order valence-corrected chi connectivity index (χ2v) is 7.11. The van der Waals surface area contributed by atoms with E-state index in [1.807, 2.05) is 0 Å². The van der Waals surface area contributed by atoms with Gasteiger partial charge in [0.1, 0.15) is 5.54 Å². The number of hydrogen-bond donors (Lipinski definition) is 1. The zero-order chi connectivity index (χ0) is 14.0. The largest absolute Gasteiger partial charge is 0.333 e. The summed E-state index contributed by atoms with van der Waals surface area (Å²) < 4.78 is 0. The van der Waals surface area contributed by atoms with Crippen LogP contribution in [0.5, 0.6) is 0 Å². The van der Waals surface area contributed by atoms with Crippen LogP contribution in [0.25, 0.3) is 0 Å². The van der Waals surface area contributed by atoms with E-state index in [1.165, 1.54) is 29.7 Å². The number of nitrogens with one attached hydrogen (secondary N) is 1. The van der Waals surface area contributed by atoms with Gasteiger partial charge >= 0.3 is 0 Å². The molecule has 0 aromatic carbocycles. The van der Waals surface area contributed by atoms with E-state index in [9.17, 15) is 10.1 Å². The monoisotopic (exact) mass is 288 g/mol. The molecule has 1 fully saturated rings. The number of thiophene rings is 1. The Hall–Kier alpha value is -1.34. The molecule has 0 saturated heterocycles. The highest BCUT2D eigenvalue weighted by molar-refractivity contribution is 7.14. The number of hydrogen-bond acceptors (Lipinski definition) is 3. The number of rotatable bonds is 2. The fraction of sp³-hybridized carbons (Fsp3) is 0.625. The van der Waals surface area contributed by atoms with Crippen LogP contribution in [0, 0.1) is 11.3 Å². The highest BCUT2D eigenvalue weighted by Gasteiger charge is 2.36. The standard InChI is InChI=1S/C16H20N2OS/c17-11-16(8-4-5-9-16)18-15(19)14-10-12-6-2-1-3-7-13(12)20-14/h10H,1-9H2,(H,18,19). The first-order valence-corrected chi connectivity index (χ1v) is 8.39. The summed E-state index contributed by atoms with van der Waals surface area (Å²) in [7, 11) is 0. The highest BCUT2D eigenvalue weighted by Crippen LogP contribution is 2.32. The molecule has 0 radical (unpaired) electrons. The first kappa shape index (κ1) is 13.6. The second-order valence-electron chi connectivity index (χ2n) is 5.97. The summed E-state index contributed by atoms with van der Waals surface area (Å²) in [5, 5.41) is 12.3. The van der Waals surface area contributed by atoms with Gasteiger partial charge in [-0.25, -0.2) is 0 Å². The zero-order valence-electron chi connectivity index (χ0n) is 11.7. The molecule has 1 amide bonds. The van der Waals surface area contributed by atoms with E-state index in [-0.39, 0.29) is 5.91 Å². The van der Waals surface area contributed by atoms with Crippen LogP contribution in [0.2, 0.25) is 0 Å². The third kappa shape index (κ3) is 2.60. The molecule has 1 N–H and O–H groups in total. The van der Waals surface area contributed by atoms with Crippen molar-refractivity contribution in [3.05, 3.63) is 21.4 Å². The van der Waals surface area contributed by atoms with Crippen molar-refractivity contribution in [2.45, 2.75) is 63.3 Å². The molecule has 0 spiro atoms. The number of carbonyl (C=O) groups excluding carboxylic acids is 1. The minimum Gasteiger partial charge on any atom is -0.333 e. The Balaban J connectivity index is 1.76. The fourth-order valence-electron chi connectivity index (χ4n) is 3.30. The third-order valence-electron chi connectivity index (χ3n) is 4.49. The van der Waals surface area contributed by atoms with Crippen LogP contribution in [0.3, 0.4) is 0 Å². The van der Waals surface area contributed by atoms with E-state index >= 15 is 0 Å². The highest BCUT2D eigenvalue weighted by atomic mass is 32.1. The smallest absolute Gasteiger partial charge is 0.262 e. The normalized spacial score (nSPS) is 20.8. The minimum absolute atomic E-state index is 0.0495. The van der Waals surface area contributed by atoms with Crippen molar-refractivity contribution in [2.24, 2.45) is 0 Å². The molecule has 0 aliphatic heterocycles. The summed E-state index contributed by atoms with van der Waals surface area (Å²) in [6.45, 7) is 0. The number of nitriles is 1. The Morgan fingerprint density at radius 3 is 2.70 bits per heavy atom. The van der Waals surface area contributed by atoms with Crippen molar-refractivity contribution in [3.63, 3.8) is 0 Å². The molecule has 1 aromatic heterocycles. The van der Waals surface area contributed by atoms with Crippen LogP contribution in [0.1, 0.15) is 65.1 Å². The molecule has 0 atom stereocenters. The lowest BCUT2D eigenvalue weighted by molar-refractivity contribution is 0.0925. The molecule has 106 valence electrons. The molecule has 1 heterocycles. The lowest BCUT2D eigenvalue weighted by Crippen LogP contribution is -2.44. The van der Waals surface area contributed by atoms with E-state index in [1.54, 1.807) is 11.3 Å². The van der Waals surface area contributed by atoms with Crippen LogP contribution < -0.4 is 5.32 Å². The number of fused-ring (bicyclic) bond motifs is 1. The Bertz CT molecular complexity index is 526. The van der Waals surface area contributed by atoms with Crippen LogP contribution in [0.15, 0.2) is 6.07 Å². The van der Waals surface area contributed by atoms with E-state index < -0.39 is 5.54 Å². The molecular formula is C16H20N2OS. The molecular weight excluding hydrogens is 268 g/mol. The first-order valence-electron chi connectivity index (χ1n) is 7.58. The molecule has 3 rings (SSSR count). The van der Waals surface area contributed by atoms with Crippen LogP contribution in [-0.4, -0.2) is 11.4 Å². The van der Waals surface area contributed by atoms with Gasteiger partial charge in [0, 0.05) is 4.88 Å². The molecule has 1 saturated carbocycles. The summed E-state index contributed by atoms with van der Waals surface area (Å²) >= 11 is 1.63. The van der Waals surface area contributed by atoms with Crippen molar-refractivity contribution >= 4 is 17.2 Å². The summed E-state index contributed by atoms with van der Waals surface area (Å²) in [4.78, 5) is 14.6. The molecule has 2 aliphatic rings. The number of nitrogens with zero attached hydrogens (tertiary/aromatic N) is 1. The van der Waals surface area contributed by atoms with E-state index in [0.717, 1.165) is 43.4 Å². The average Bonchev–Trinajstić information content (AvgIpc) is 3.02. The van der Waals surface area contributed by atoms with Gasteiger partial charge in [0.15, 0.2) is 0 Å². The Labute approximate surface area is 124 Å². The Kier molecular flexibility index (Phi) is 3.80. The summed E-state index contributed by atoms with van der Waals surface area (Å²) in [6, 6.07) is 4.38. The third-order valence-corrected chi connectivity index (χ3v) is 5.73. The van der Waals surface area contributed by atoms with Crippen LogP contribution >= 0.6 is 11.3 Å². The first-order chi connectivity index (χ1) is 9.72. The minimum atomic E-state index is -0.613. The quantitative estimate of drug-likeness (QED) is 0.846. The van der Waals surface area contributed by atoms with Crippen LogP contribution in [0.4, 0.5) is 0 Å². The molecule has 0 bridgehead atoms. The van der Waals surface area contributed by atoms with Gasteiger partial charge < -0.3 is 5.32 Å². The Morgan fingerprint density at radius 2 is 1.95 bits per heavy atom. The van der Waals surface area contributed by atoms with Crippen LogP contribution in [-0.2, 0) is 12.8 Å². The van der Waals surface area contributed by atoms with Crippen molar-refractivity contribution in [2.75, 3.05) is 0 Å². The van der Waals surface area contributed by atoms with E-state index in [4.69, 9.17) is 0 Å². The lowest BCUT2D eigenvalue weighted by Gasteiger charge is -2.21. The molecule has 3 nitrogen and oxygen atoms in total. The fourth-order valence-corrected chi connectivity index (χ4v) is 4.45. The molecule has 4 heteroatoms. The number of aryl methyl sites for hydroxylation is 2. The van der Waals surface area contributed by atoms with E-state index in [0.29, 0.717) is 0 Å². The van der Waals surface area contributed by atoms with Crippen molar-refractivity contribution in [1.82, 2.24) is 5.32 Å². The van der Waals surface area contributed by atoms with Gasteiger partial charge in [-0.05, 0) is 63.0 Å². The Morgan fingerprint density at radius 1 is 1.20 bits per heavy atom. The predicted octanol–water partition coefficient (Wildman–Crippen LogP) is 3.58. The van der Waals surface area contributed by atoms with Gasteiger partial charge in [-0.3, -0.25) is 4.79 Å². The van der Waals surface area contributed by atoms with Crippen molar-refractivity contribution in [3.8, 4) is 6.07 Å². The molecule has 0 unspecified atom stereocenters. The van der Waals surface area contributed by atoms with Gasteiger partial charge in [-0.15, -0.1) is 11.3 Å². The van der Waals surface area contributed by atoms with Crippen molar-refractivity contribution < 1.29 is 4.79 Å². The maximum atomic E-state index is 12.4.